The Bertz CT molecular complexity index is 1940. The van der Waals surface area contributed by atoms with Crippen molar-refractivity contribution in [3.8, 4) is 5.75 Å². The van der Waals surface area contributed by atoms with E-state index in [-0.39, 0.29) is 29.7 Å². The van der Waals surface area contributed by atoms with Crippen molar-refractivity contribution in [3.05, 3.63) is 113 Å². The van der Waals surface area contributed by atoms with E-state index in [1.165, 1.54) is 41.3 Å². The molecule has 0 aliphatic heterocycles. The molecular formula is C33H37N6O5S2+. The summed E-state index contributed by atoms with van der Waals surface area (Å²) in [6.45, 7) is 6.13. The molecule has 3 amide bonds. The van der Waals surface area contributed by atoms with Crippen LogP contribution in [0.3, 0.4) is 0 Å². The van der Waals surface area contributed by atoms with Gasteiger partial charge in [-0.05, 0) is 68.3 Å². The van der Waals surface area contributed by atoms with Gasteiger partial charge in [-0.25, -0.2) is 22.5 Å². The third-order valence-corrected chi connectivity index (χ3v) is 10.0. The summed E-state index contributed by atoms with van der Waals surface area (Å²) in [5.41, 5.74) is 8.87. The van der Waals surface area contributed by atoms with E-state index in [1.54, 1.807) is 37.3 Å². The molecule has 0 saturated carbocycles. The molecule has 0 saturated heterocycles. The zero-order chi connectivity index (χ0) is 33.0. The first-order chi connectivity index (χ1) is 21.9. The Balaban J connectivity index is 1.49. The van der Waals surface area contributed by atoms with Gasteiger partial charge in [-0.1, -0.05) is 53.8 Å². The number of carbonyl (C=O) groups excluding carboxylic acids is 2. The molecule has 0 radical (unpaired) electrons. The standard InChI is InChI=1S/C33H36N6O5S2/c1-22(2)36-46(43,44)29-15-11-26(12-16-29)35-32(42)39(30(31(34)41)17-24-9-13-28(40)14-10-24)21-27-20-37(19-25-7-5-4-6-8-25)33-38(27)18-23(3)45-33/h4-16,18,20,22,30,36H,17,19,21H2,1-3H3,(H3-,34,35,40,41,42)/p+1/t30-/m0/s1. The Morgan fingerprint density at radius 3 is 2.30 bits per heavy atom. The van der Waals surface area contributed by atoms with Gasteiger partial charge in [0, 0.05) is 23.0 Å². The van der Waals surface area contributed by atoms with E-state index in [1.807, 2.05) is 54.0 Å². The molecule has 0 unspecified atom stereocenters. The summed E-state index contributed by atoms with van der Waals surface area (Å²) in [6.07, 6.45) is 4.08. The highest BCUT2D eigenvalue weighted by Crippen LogP contribution is 2.22. The van der Waals surface area contributed by atoms with E-state index in [4.69, 9.17) is 5.73 Å². The Morgan fingerprint density at radius 2 is 1.67 bits per heavy atom. The van der Waals surface area contributed by atoms with Crippen LogP contribution in [0.1, 0.15) is 35.5 Å². The number of imidazole rings is 1. The molecule has 46 heavy (non-hydrogen) atoms. The summed E-state index contributed by atoms with van der Waals surface area (Å²) in [7, 11) is -3.72. The largest absolute Gasteiger partial charge is 0.508 e. The van der Waals surface area contributed by atoms with E-state index in [2.05, 4.69) is 14.6 Å². The maximum atomic E-state index is 14.0. The molecule has 0 aliphatic carbocycles. The van der Waals surface area contributed by atoms with Crippen LogP contribution in [0.2, 0.25) is 0 Å². The summed E-state index contributed by atoms with van der Waals surface area (Å²) >= 11 is 1.62. The Labute approximate surface area is 272 Å². The fraction of sp³-hybridized carbons (Fsp3) is 0.242. The van der Waals surface area contributed by atoms with Crippen LogP contribution in [0, 0.1) is 6.92 Å². The number of sulfonamides is 1. The number of primary amides is 1. The third-order valence-electron chi connectivity index (χ3n) is 7.29. The summed E-state index contributed by atoms with van der Waals surface area (Å²) in [6, 6.07) is 20.3. The van der Waals surface area contributed by atoms with Crippen molar-refractivity contribution >= 4 is 43.9 Å². The number of benzene rings is 3. The van der Waals surface area contributed by atoms with Crippen LogP contribution >= 0.6 is 11.3 Å². The van der Waals surface area contributed by atoms with Crippen molar-refractivity contribution in [1.82, 2.24) is 14.0 Å². The number of aromatic nitrogens is 2. The molecule has 0 bridgehead atoms. The molecular weight excluding hydrogens is 625 g/mol. The number of hydrogen-bond donors (Lipinski definition) is 4. The minimum absolute atomic E-state index is 0.0431. The number of fused-ring (bicyclic) bond motifs is 1. The number of aryl methyl sites for hydroxylation is 1. The summed E-state index contributed by atoms with van der Waals surface area (Å²) in [5, 5.41) is 12.6. The number of phenols is 1. The lowest BCUT2D eigenvalue weighted by Gasteiger charge is -2.29. The lowest BCUT2D eigenvalue weighted by molar-refractivity contribution is -0.660. The molecule has 5 rings (SSSR count). The monoisotopic (exact) mass is 661 g/mol. The van der Waals surface area contributed by atoms with Gasteiger partial charge in [0.25, 0.3) is 0 Å². The average Bonchev–Trinajstić information content (AvgIpc) is 3.53. The number of urea groups is 1. The number of hydrogen-bond acceptors (Lipinski definition) is 6. The van der Waals surface area contributed by atoms with Gasteiger partial charge >= 0.3 is 11.0 Å². The normalized spacial score (nSPS) is 12.3. The second-order valence-corrected chi connectivity index (χ2v) is 14.3. The van der Waals surface area contributed by atoms with Crippen molar-refractivity contribution < 1.29 is 27.7 Å². The number of carbonyl (C=O) groups is 2. The Morgan fingerprint density at radius 1 is 1.00 bits per heavy atom. The minimum atomic E-state index is -3.72. The number of nitrogens with two attached hydrogens (primary N) is 1. The topological polar surface area (TPSA) is 150 Å². The number of amides is 3. The molecule has 11 nitrogen and oxygen atoms in total. The predicted molar refractivity (Wildman–Crippen MR) is 177 cm³/mol. The van der Waals surface area contributed by atoms with Crippen LogP contribution in [0.15, 0.2) is 96.2 Å². The number of nitrogens with one attached hydrogen (secondary N) is 2. The second kappa shape index (κ2) is 13.7. The van der Waals surface area contributed by atoms with Gasteiger partial charge in [0.1, 0.15) is 30.7 Å². The molecule has 1 atom stereocenters. The number of aromatic hydroxyl groups is 1. The first-order valence-electron chi connectivity index (χ1n) is 14.7. The molecule has 3 aromatic carbocycles. The number of rotatable bonds is 12. The van der Waals surface area contributed by atoms with Crippen LogP contribution in [0.25, 0.3) is 4.96 Å². The fourth-order valence-corrected chi connectivity index (χ4v) is 7.38. The van der Waals surface area contributed by atoms with Gasteiger partial charge in [0.2, 0.25) is 15.9 Å². The molecule has 5 N–H and O–H groups in total. The maximum Gasteiger partial charge on any atom is 0.346 e. The quantitative estimate of drug-likeness (QED) is 0.148. The fourth-order valence-electron chi connectivity index (χ4n) is 5.18. The SMILES string of the molecule is Cc1cn2c(CN(C(=O)Nc3ccc(S(=O)(=O)NC(C)C)cc3)[C@@H](Cc3ccc(O)cc3)C(N)=O)c[n+](Cc3ccccc3)c2s1. The van der Waals surface area contributed by atoms with E-state index < -0.39 is 28.0 Å². The van der Waals surface area contributed by atoms with Gasteiger partial charge < -0.3 is 21.1 Å². The van der Waals surface area contributed by atoms with E-state index >= 15 is 0 Å². The van der Waals surface area contributed by atoms with Crippen LogP contribution in [-0.4, -0.2) is 46.8 Å². The van der Waals surface area contributed by atoms with Crippen molar-refractivity contribution in [3.63, 3.8) is 0 Å². The van der Waals surface area contributed by atoms with Crippen molar-refractivity contribution in [2.24, 2.45) is 5.73 Å². The Hall–Kier alpha value is -4.72. The van der Waals surface area contributed by atoms with Crippen LogP contribution in [0.5, 0.6) is 5.75 Å². The smallest absolute Gasteiger partial charge is 0.346 e. The summed E-state index contributed by atoms with van der Waals surface area (Å²) in [5.74, 6) is -0.620. The first kappa shape index (κ1) is 32.7. The van der Waals surface area contributed by atoms with Crippen molar-refractivity contribution in [2.75, 3.05) is 5.32 Å². The molecule has 0 spiro atoms. The Kier molecular flexibility index (Phi) is 9.75. The highest BCUT2D eigenvalue weighted by atomic mass is 32.2. The average molecular weight is 662 g/mol. The van der Waals surface area contributed by atoms with E-state index in [0.717, 1.165) is 21.1 Å². The van der Waals surface area contributed by atoms with Gasteiger partial charge in [0.05, 0.1) is 11.4 Å². The number of phenolic OH excluding ortho intramolecular Hbond substituents is 1. The molecule has 2 aromatic heterocycles. The number of thiazole rings is 1. The third kappa shape index (κ3) is 7.73. The highest BCUT2D eigenvalue weighted by molar-refractivity contribution is 7.89. The molecule has 240 valence electrons. The van der Waals surface area contributed by atoms with Gasteiger partial charge in [-0.3, -0.25) is 4.79 Å². The van der Waals surface area contributed by atoms with Crippen molar-refractivity contribution in [1.29, 1.82) is 0 Å². The van der Waals surface area contributed by atoms with Crippen LogP contribution in [-0.2, 0) is 34.3 Å². The summed E-state index contributed by atoms with van der Waals surface area (Å²) < 4.78 is 31.9. The lowest BCUT2D eigenvalue weighted by Crippen LogP contribution is -2.50. The molecule has 13 heteroatoms. The molecule has 0 aliphatic rings. The number of anilines is 1. The number of nitrogens with zero attached hydrogens (tertiary/aromatic N) is 3. The highest BCUT2D eigenvalue weighted by Gasteiger charge is 2.32. The first-order valence-corrected chi connectivity index (χ1v) is 17.0. The lowest BCUT2D eigenvalue weighted by atomic mass is 10.0. The molecule has 2 heterocycles. The van der Waals surface area contributed by atoms with Crippen LogP contribution < -0.4 is 20.3 Å². The van der Waals surface area contributed by atoms with Crippen LogP contribution in [0.4, 0.5) is 10.5 Å². The predicted octanol–water partition coefficient (Wildman–Crippen LogP) is 4.17. The summed E-state index contributed by atoms with van der Waals surface area (Å²) in [4.78, 5) is 30.5. The van der Waals surface area contributed by atoms with Gasteiger partial charge in [0.15, 0.2) is 5.69 Å². The second-order valence-electron chi connectivity index (χ2n) is 11.4. The minimum Gasteiger partial charge on any atom is -0.508 e. The maximum absolute atomic E-state index is 14.0. The zero-order valence-electron chi connectivity index (χ0n) is 25.8. The molecule has 5 aromatic rings. The zero-order valence-corrected chi connectivity index (χ0v) is 27.4. The van der Waals surface area contributed by atoms with E-state index in [0.29, 0.717) is 17.8 Å². The van der Waals surface area contributed by atoms with Gasteiger partial charge in [-0.2, -0.15) is 4.40 Å². The van der Waals surface area contributed by atoms with Gasteiger partial charge in [-0.15, -0.1) is 0 Å². The molecule has 0 fully saturated rings. The van der Waals surface area contributed by atoms with E-state index in [9.17, 15) is 23.1 Å². The van der Waals surface area contributed by atoms with Crippen molar-refractivity contribution in [2.45, 2.75) is 57.3 Å².